The lowest BCUT2D eigenvalue weighted by molar-refractivity contribution is 0.0587. The summed E-state index contributed by atoms with van der Waals surface area (Å²) in [6.45, 7) is 6.82. The monoisotopic (exact) mass is 199 g/mol. The molecule has 14 heavy (non-hydrogen) atoms. The zero-order valence-corrected chi connectivity index (χ0v) is 10.1. The minimum absolute atomic E-state index is 0.296. The summed E-state index contributed by atoms with van der Waals surface area (Å²) in [6.07, 6.45) is 6.67. The zero-order valence-electron chi connectivity index (χ0n) is 10.1. The predicted octanol–water partition coefficient (Wildman–Crippen LogP) is 2.72. The minimum Gasteiger partial charge on any atom is -0.381 e. The van der Waals surface area contributed by atoms with Gasteiger partial charge in [0.05, 0.1) is 6.10 Å². The number of methoxy groups -OCH3 is 1. The van der Waals surface area contributed by atoms with E-state index in [-0.39, 0.29) is 0 Å². The van der Waals surface area contributed by atoms with Crippen molar-refractivity contribution in [1.29, 1.82) is 0 Å². The van der Waals surface area contributed by atoms with Crippen LogP contribution in [0.1, 0.15) is 52.9 Å². The molecular formula is C12H25NO. The summed E-state index contributed by atoms with van der Waals surface area (Å²) < 4.78 is 5.37. The van der Waals surface area contributed by atoms with Crippen molar-refractivity contribution in [2.75, 3.05) is 7.11 Å². The Morgan fingerprint density at radius 1 is 1.21 bits per heavy atom. The van der Waals surface area contributed by atoms with E-state index < -0.39 is 0 Å². The quantitative estimate of drug-likeness (QED) is 0.751. The van der Waals surface area contributed by atoms with E-state index in [2.05, 4.69) is 26.1 Å². The van der Waals surface area contributed by atoms with Crippen LogP contribution in [0.15, 0.2) is 0 Å². The highest BCUT2D eigenvalue weighted by atomic mass is 16.5. The first-order valence-electron chi connectivity index (χ1n) is 5.88. The summed E-state index contributed by atoms with van der Waals surface area (Å²) in [5, 5.41) is 3.73. The largest absolute Gasteiger partial charge is 0.381 e. The molecule has 0 aromatic rings. The smallest absolute Gasteiger partial charge is 0.0572 e. The van der Waals surface area contributed by atoms with Gasteiger partial charge < -0.3 is 10.1 Å². The SMILES string of the molecule is CCC(C)(C)NC1CCC(OC)CC1. The van der Waals surface area contributed by atoms with E-state index in [0.29, 0.717) is 17.7 Å². The fourth-order valence-corrected chi connectivity index (χ4v) is 2.10. The maximum absolute atomic E-state index is 5.37. The normalized spacial score (nSPS) is 29.1. The number of hydrogen-bond donors (Lipinski definition) is 1. The summed E-state index contributed by atoms with van der Waals surface area (Å²) in [5.74, 6) is 0. The molecule has 84 valence electrons. The van der Waals surface area contributed by atoms with E-state index in [9.17, 15) is 0 Å². The third-order valence-corrected chi connectivity index (χ3v) is 3.49. The molecule has 1 N–H and O–H groups in total. The van der Waals surface area contributed by atoms with Crippen molar-refractivity contribution in [3.8, 4) is 0 Å². The summed E-state index contributed by atoms with van der Waals surface area (Å²) in [4.78, 5) is 0. The maximum atomic E-state index is 5.37. The van der Waals surface area contributed by atoms with E-state index >= 15 is 0 Å². The molecule has 1 rings (SSSR count). The van der Waals surface area contributed by atoms with Gasteiger partial charge >= 0.3 is 0 Å². The molecule has 0 radical (unpaired) electrons. The predicted molar refractivity (Wildman–Crippen MR) is 60.6 cm³/mol. The second-order valence-corrected chi connectivity index (χ2v) is 5.09. The van der Waals surface area contributed by atoms with Crippen LogP contribution in [0, 0.1) is 0 Å². The second kappa shape index (κ2) is 5.13. The van der Waals surface area contributed by atoms with Gasteiger partial charge in [-0.2, -0.15) is 0 Å². The van der Waals surface area contributed by atoms with E-state index in [1.54, 1.807) is 0 Å². The fourth-order valence-electron chi connectivity index (χ4n) is 2.10. The van der Waals surface area contributed by atoms with Crippen molar-refractivity contribution in [3.63, 3.8) is 0 Å². The third-order valence-electron chi connectivity index (χ3n) is 3.49. The van der Waals surface area contributed by atoms with Crippen LogP contribution in [-0.4, -0.2) is 24.8 Å². The highest BCUT2D eigenvalue weighted by Crippen LogP contribution is 2.23. The minimum atomic E-state index is 0.296. The molecule has 2 nitrogen and oxygen atoms in total. The molecule has 0 aromatic heterocycles. The lowest BCUT2D eigenvalue weighted by Crippen LogP contribution is -2.47. The standard InChI is InChI=1S/C12H25NO/c1-5-12(2,3)13-10-6-8-11(14-4)9-7-10/h10-11,13H,5-9H2,1-4H3. The first-order valence-corrected chi connectivity index (χ1v) is 5.88. The Hall–Kier alpha value is -0.0800. The Kier molecular flexibility index (Phi) is 4.39. The molecule has 1 fully saturated rings. The molecule has 0 heterocycles. The van der Waals surface area contributed by atoms with Gasteiger partial charge in [0.1, 0.15) is 0 Å². The van der Waals surface area contributed by atoms with Crippen LogP contribution in [0.2, 0.25) is 0 Å². The molecule has 1 saturated carbocycles. The van der Waals surface area contributed by atoms with Crippen molar-refractivity contribution in [2.45, 2.75) is 70.6 Å². The van der Waals surface area contributed by atoms with Crippen LogP contribution >= 0.6 is 0 Å². The van der Waals surface area contributed by atoms with Gasteiger partial charge in [-0.25, -0.2) is 0 Å². The number of hydrogen-bond acceptors (Lipinski definition) is 2. The van der Waals surface area contributed by atoms with Gasteiger partial charge in [-0.05, 0) is 46.0 Å². The number of rotatable bonds is 4. The number of ether oxygens (including phenoxy) is 1. The Balaban J connectivity index is 2.28. The fraction of sp³-hybridized carbons (Fsp3) is 1.00. The average molecular weight is 199 g/mol. The maximum Gasteiger partial charge on any atom is 0.0572 e. The van der Waals surface area contributed by atoms with Crippen molar-refractivity contribution < 1.29 is 4.74 Å². The molecule has 1 aliphatic rings. The highest BCUT2D eigenvalue weighted by molar-refractivity contribution is 4.84. The zero-order chi connectivity index (χ0) is 10.6. The van der Waals surface area contributed by atoms with Crippen molar-refractivity contribution >= 4 is 0 Å². The summed E-state index contributed by atoms with van der Waals surface area (Å²) in [6, 6.07) is 0.705. The molecule has 1 aliphatic carbocycles. The number of nitrogens with one attached hydrogen (secondary N) is 1. The molecular weight excluding hydrogens is 174 g/mol. The lowest BCUT2D eigenvalue weighted by Gasteiger charge is -2.35. The Bertz CT molecular complexity index is 160. The van der Waals surface area contributed by atoms with E-state index in [4.69, 9.17) is 4.74 Å². The van der Waals surface area contributed by atoms with E-state index in [1.165, 1.54) is 32.1 Å². The van der Waals surface area contributed by atoms with E-state index in [0.717, 1.165) is 0 Å². The van der Waals surface area contributed by atoms with Gasteiger partial charge in [-0.1, -0.05) is 6.92 Å². The van der Waals surface area contributed by atoms with Crippen LogP contribution < -0.4 is 5.32 Å². The van der Waals surface area contributed by atoms with Gasteiger partial charge in [0.2, 0.25) is 0 Å². The molecule has 0 unspecified atom stereocenters. The van der Waals surface area contributed by atoms with Gasteiger partial charge in [0, 0.05) is 18.7 Å². The topological polar surface area (TPSA) is 21.3 Å². The van der Waals surface area contributed by atoms with E-state index in [1.807, 2.05) is 7.11 Å². The summed E-state index contributed by atoms with van der Waals surface area (Å²) >= 11 is 0. The first-order chi connectivity index (χ1) is 6.57. The van der Waals surface area contributed by atoms with Gasteiger partial charge in [0.25, 0.3) is 0 Å². The van der Waals surface area contributed by atoms with Crippen LogP contribution in [-0.2, 0) is 4.74 Å². The van der Waals surface area contributed by atoms with Gasteiger partial charge in [0.15, 0.2) is 0 Å². The molecule has 0 aromatic carbocycles. The molecule has 0 amide bonds. The van der Waals surface area contributed by atoms with Crippen molar-refractivity contribution in [3.05, 3.63) is 0 Å². The molecule has 0 atom stereocenters. The van der Waals surface area contributed by atoms with Crippen molar-refractivity contribution in [1.82, 2.24) is 5.32 Å². The van der Waals surface area contributed by atoms with Crippen LogP contribution in [0.25, 0.3) is 0 Å². The Labute approximate surface area is 88.4 Å². The second-order valence-electron chi connectivity index (χ2n) is 5.09. The van der Waals surface area contributed by atoms with Crippen LogP contribution in [0.5, 0.6) is 0 Å². The molecule has 0 aliphatic heterocycles. The molecule has 0 bridgehead atoms. The van der Waals surface area contributed by atoms with Crippen LogP contribution in [0.4, 0.5) is 0 Å². The molecule has 0 saturated heterocycles. The molecule has 2 heteroatoms. The first kappa shape index (κ1) is 12.0. The third kappa shape index (κ3) is 3.58. The van der Waals surface area contributed by atoms with Crippen molar-refractivity contribution in [2.24, 2.45) is 0 Å². The summed E-state index contributed by atoms with van der Waals surface area (Å²) in [5.41, 5.74) is 0.296. The molecule has 0 spiro atoms. The Morgan fingerprint density at radius 2 is 1.79 bits per heavy atom. The Morgan fingerprint density at radius 3 is 2.21 bits per heavy atom. The average Bonchev–Trinajstić information content (AvgIpc) is 2.19. The summed E-state index contributed by atoms with van der Waals surface area (Å²) in [7, 11) is 1.83. The lowest BCUT2D eigenvalue weighted by atomic mass is 9.90. The van der Waals surface area contributed by atoms with Gasteiger partial charge in [-0.3, -0.25) is 0 Å². The van der Waals surface area contributed by atoms with Gasteiger partial charge in [-0.15, -0.1) is 0 Å². The highest BCUT2D eigenvalue weighted by Gasteiger charge is 2.25. The van der Waals surface area contributed by atoms with Crippen LogP contribution in [0.3, 0.4) is 0 Å².